The Labute approximate surface area is 101 Å². The standard InChI is InChI=1S/C15H28O/c1-7-14(11-12(3)4)10-9-13(5)15(6,16)8-2/h9-10,12,16H,7-8,11H2,1-6H3/b13-9+,14-10+. The molecule has 94 valence electrons. The van der Waals surface area contributed by atoms with Crippen LogP contribution in [-0.2, 0) is 0 Å². The molecule has 0 radical (unpaired) electrons. The average molecular weight is 224 g/mol. The summed E-state index contributed by atoms with van der Waals surface area (Å²) in [6.07, 6.45) is 7.25. The average Bonchev–Trinajstić information content (AvgIpc) is 2.22. The van der Waals surface area contributed by atoms with Gasteiger partial charge in [0.15, 0.2) is 0 Å². The predicted octanol–water partition coefficient (Wildman–Crippen LogP) is 4.48. The summed E-state index contributed by atoms with van der Waals surface area (Å²) in [5.74, 6) is 0.701. The van der Waals surface area contributed by atoms with Gasteiger partial charge in [-0.15, -0.1) is 0 Å². The summed E-state index contributed by atoms with van der Waals surface area (Å²) in [6.45, 7) is 12.6. The Balaban J connectivity index is 4.68. The molecule has 0 fully saturated rings. The summed E-state index contributed by atoms with van der Waals surface area (Å²) >= 11 is 0. The lowest BCUT2D eigenvalue weighted by molar-refractivity contribution is 0.0946. The third kappa shape index (κ3) is 5.50. The van der Waals surface area contributed by atoms with Crippen LogP contribution in [0.15, 0.2) is 23.3 Å². The molecule has 0 aliphatic carbocycles. The van der Waals surface area contributed by atoms with Crippen molar-refractivity contribution in [1.82, 2.24) is 0 Å². The number of rotatable bonds is 6. The maximum absolute atomic E-state index is 10.1. The second kappa shape index (κ2) is 6.90. The van der Waals surface area contributed by atoms with E-state index in [0.717, 1.165) is 24.8 Å². The molecule has 1 nitrogen and oxygen atoms in total. The summed E-state index contributed by atoms with van der Waals surface area (Å²) in [5, 5.41) is 10.1. The first-order chi connectivity index (χ1) is 7.33. The summed E-state index contributed by atoms with van der Waals surface area (Å²) in [7, 11) is 0. The van der Waals surface area contributed by atoms with E-state index in [1.807, 2.05) is 20.8 Å². The van der Waals surface area contributed by atoms with Gasteiger partial charge in [-0.05, 0) is 44.6 Å². The van der Waals surface area contributed by atoms with Gasteiger partial charge >= 0.3 is 0 Å². The Morgan fingerprint density at radius 1 is 1.25 bits per heavy atom. The Morgan fingerprint density at radius 3 is 2.19 bits per heavy atom. The largest absolute Gasteiger partial charge is 0.386 e. The van der Waals surface area contributed by atoms with Crippen LogP contribution >= 0.6 is 0 Å². The number of hydrogen-bond acceptors (Lipinski definition) is 1. The normalized spacial score (nSPS) is 17.8. The molecule has 0 aliphatic heterocycles. The zero-order valence-electron chi connectivity index (χ0n) is 11.8. The molecule has 1 unspecified atom stereocenters. The first kappa shape index (κ1) is 15.4. The van der Waals surface area contributed by atoms with Crippen LogP contribution in [0.5, 0.6) is 0 Å². The molecular weight excluding hydrogens is 196 g/mol. The Kier molecular flexibility index (Phi) is 6.66. The highest BCUT2D eigenvalue weighted by atomic mass is 16.3. The molecule has 0 aromatic heterocycles. The fourth-order valence-corrected chi connectivity index (χ4v) is 1.56. The number of allylic oxidation sites excluding steroid dienone is 3. The molecule has 0 bridgehead atoms. The topological polar surface area (TPSA) is 20.2 Å². The van der Waals surface area contributed by atoms with E-state index < -0.39 is 5.60 Å². The van der Waals surface area contributed by atoms with Crippen molar-refractivity contribution in [2.45, 2.75) is 66.4 Å². The van der Waals surface area contributed by atoms with Crippen molar-refractivity contribution < 1.29 is 5.11 Å². The summed E-state index contributed by atoms with van der Waals surface area (Å²) < 4.78 is 0. The van der Waals surface area contributed by atoms with Crippen LogP contribution < -0.4 is 0 Å². The van der Waals surface area contributed by atoms with Crippen LogP contribution in [0.2, 0.25) is 0 Å². The molecule has 0 aromatic carbocycles. The summed E-state index contributed by atoms with van der Waals surface area (Å²) in [4.78, 5) is 0. The van der Waals surface area contributed by atoms with Crippen molar-refractivity contribution in [3.63, 3.8) is 0 Å². The van der Waals surface area contributed by atoms with Crippen LogP contribution in [0.1, 0.15) is 60.8 Å². The lowest BCUT2D eigenvalue weighted by Gasteiger charge is -2.22. The quantitative estimate of drug-likeness (QED) is 0.660. The molecule has 0 saturated carbocycles. The molecule has 0 amide bonds. The Bertz CT molecular complexity index is 257. The zero-order valence-corrected chi connectivity index (χ0v) is 11.8. The highest BCUT2D eigenvalue weighted by Gasteiger charge is 2.18. The first-order valence-electron chi connectivity index (χ1n) is 6.42. The van der Waals surface area contributed by atoms with Crippen molar-refractivity contribution in [2.24, 2.45) is 5.92 Å². The van der Waals surface area contributed by atoms with Crippen LogP contribution in [-0.4, -0.2) is 10.7 Å². The van der Waals surface area contributed by atoms with E-state index in [1.54, 1.807) is 0 Å². The third-order valence-electron chi connectivity index (χ3n) is 3.23. The van der Waals surface area contributed by atoms with E-state index in [0.29, 0.717) is 5.92 Å². The predicted molar refractivity (Wildman–Crippen MR) is 72.5 cm³/mol. The van der Waals surface area contributed by atoms with Gasteiger partial charge < -0.3 is 5.11 Å². The van der Waals surface area contributed by atoms with Crippen molar-refractivity contribution in [1.29, 1.82) is 0 Å². The Hall–Kier alpha value is -0.560. The molecule has 0 aromatic rings. The van der Waals surface area contributed by atoms with Crippen molar-refractivity contribution in [3.8, 4) is 0 Å². The van der Waals surface area contributed by atoms with Gasteiger partial charge in [0.25, 0.3) is 0 Å². The van der Waals surface area contributed by atoms with Gasteiger partial charge in [-0.2, -0.15) is 0 Å². The molecule has 1 heteroatoms. The lowest BCUT2D eigenvalue weighted by Crippen LogP contribution is -2.23. The van der Waals surface area contributed by atoms with Crippen molar-refractivity contribution in [2.75, 3.05) is 0 Å². The minimum atomic E-state index is -0.660. The van der Waals surface area contributed by atoms with Crippen LogP contribution in [0, 0.1) is 5.92 Å². The van der Waals surface area contributed by atoms with E-state index in [9.17, 15) is 5.11 Å². The first-order valence-corrected chi connectivity index (χ1v) is 6.42. The minimum absolute atomic E-state index is 0.660. The molecular formula is C15H28O. The van der Waals surface area contributed by atoms with Crippen LogP contribution in [0.25, 0.3) is 0 Å². The van der Waals surface area contributed by atoms with Crippen molar-refractivity contribution >= 4 is 0 Å². The van der Waals surface area contributed by atoms with Gasteiger partial charge in [-0.3, -0.25) is 0 Å². The van der Waals surface area contributed by atoms with E-state index in [2.05, 4.69) is 32.9 Å². The molecule has 1 atom stereocenters. The second-order valence-electron chi connectivity index (χ2n) is 5.25. The third-order valence-corrected chi connectivity index (χ3v) is 3.23. The maximum Gasteiger partial charge on any atom is 0.0826 e. The molecule has 0 heterocycles. The molecule has 0 saturated heterocycles. The SMILES string of the molecule is CC/C(=C\C=C(/C)C(C)(O)CC)CC(C)C. The smallest absolute Gasteiger partial charge is 0.0826 e. The number of hydrogen-bond donors (Lipinski definition) is 1. The zero-order chi connectivity index (χ0) is 12.8. The Morgan fingerprint density at radius 2 is 1.81 bits per heavy atom. The molecule has 16 heavy (non-hydrogen) atoms. The van der Waals surface area contributed by atoms with Gasteiger partial charge in [0.1, 0.15) is 0 Å². The highest BCUT2D eigenvalue weighted by molar-refractivity contribution is 5.22. The molecule has 1 N–H and O–H groups in total. The van der Waals surface area contributed by atoms with Crippen molar-refractivity contribution in [3.05, 3.63) is 23.3 Å². The monoisotopic (exact) mass is 224 g/mol. The van der Waals surface area contributed by atoms with E-state index >= 15 is 0 Å². The second-order valence-corrected chi connectivity index (χ2v) is 5.25. The van der Waals surface area contributed by atoms with Gasteiger partial charge in [0, 0.05) is 0 Å². The fourth-order valence-electron chi connectivity index (χ4n) is 1.56. The van der Waals surface area contributed by atoms with Gasteiger partial charge in [0.2, 0.25) is 0 Å². The lowest BCUT2D eigenvalue weighted by atomic mass is 9.93. The fraction of sp³-hybridized carbons (Fsp3) is 0.733. The van der Waals surface area contributed by atoms with E-state index in [1.165, 1.54) is 5.57 Å². The van der Waals surface area contributed by atoms with E-state index in [4.69, 9.17) is 0 Å². The van der Waals surface area contributed by atoms with Gasteiger partial charge in [-0.1, -0.05) is 45.4 Å². The van der Waals surface area contributed by atoms with Crippen LogP contribution in [0.3, 0.4) is 0 Å². The molecule has 0 rings (SSSR count). The minimum Gasteiger partial charge on any atom is -0.386 e. The summed E-state index contributed by atoms with van der Waals surface area (Å²) in [6, 6.07) is 0. The maximum atomic E-state index is 10.1. The van der Waals surface area contributed by atoms with E-state index in [-0.39, 0.29) is 0 Å². The number of aliphatic hydroxyl groups is 1. The van der Waals surface area contributed by atoms with Gasteiger partial charge in [-0.25, -0.2) is 0 Å². The molecule has 0 aliphatic rings. The highest BCUT2D eigenvalue weighted by Crippen LogP contribution is 2.21. The van der Waals surface area contributed by atoms with Gasteiger partial charge in [0.05, 0.1) is 5.60 Å². The summed E-state index contributed by atoms with van der Waals surface area (Å²) in [5.41, 5.74) is 1.85. The van der Waals surface area contributed by atoms with Crippen LogP contribution in [0.4, 0.5) is 0 Å². The molecule has 0 spiro atoms.